The van der Waals surface area contributed by atoms with Gasteiger partial charge in [0, 0.05) is 17.0 Å². The highest BCUT2D eigenvalue weighted by Crippen LogP contribution is 2.37. The molecule has 1 aromatic rings. The number of nitrogens with zero attached hydrogens (tertiary/aromatic N) is 1. The summed E-state index contributed by atoms with van der Waals surface area (Å²) in [6, 6.07) is 4.30. The van der Waals surface area contributed by atoms with Crippen LogP contribution in [0.5, 0.6) is 0 Å². The summed E-state index contributed by atoms with van der Waals surface area (Å²) in [6.07, 6.45) is 5.49. The van der Waals surface area contributed by atoms with Crippen LogP contribution < -0.4 is 11.5 Å². The Labute approximate surface area is 135 Å². The lowest BCUT2D eigenvalue weighted by molar-refractivity contribution is -0.120. The molecule has 2 rings (SSSR count). The quantitative estimate of drug-likeness (QED) is 0.807. The number of thiophene rings is 1. The lowest BCUT2D eigenvalue weighted by atomic mass is 10.00. The normalized spacial score (nSPS) is 19.0. The molecule has 1 saturated carbocycles. The predicted octanol–water partition coefficient (Wildman–Crippen LogP) is 2.91. The molecule has 4 N–H and O–H groups in total. The highest BCUT2D eigenvalue weighted by molar-refractivity contribution is 7.16. The third-order valence-electron chi connectivity index (χ3n) is 4.25. The summed E-state index contributed by atoms with van der Waals surface area (Å²) in [5, 5.41) is 0. The van der Waals surface area contributed by atoms with Crippen molar-refractivity contribution in [3.63, 3.8) is 0 Å². The summed E-state index contributed by atoms with van der Waals surface area (Å²) in [6.45, 7) is 2.34. The Morgan fingerprint density at radius 2 is 2.14 bits per heavy atom. The van der Waals surface area contributed by atoms with Crippen molar-refractivity contribution in [3.05, 3.63) is 21.3 Å². The maximum absolute atomic E-state index is 11.5. The van der Waals surface area contributed by atoms with Crippen LogP contribution in [0.25, 0.3) is 0 Å². The molecule has 1 fully saturated rings. The average Bonchev–Trinajstić information content (AvgIpc) is 3.09. The maximum Gasteiger partial charge on any atom is 0.231 e. The van der Waals surface area contributed by atoms with Crippen LogP contribution in [0.1, 0.15) is 49.9 Å². The smallest absolute Gasteiger partial charge is 0.231 e. The molecule has 0 saturated heterocycles. The van der Waals surface area contributed by atoms with E-state index >= 15 is 0 Å². The van der Waals surface area contributed by atoms with Crippen molar-refractivity contribution in [2.75, 3.05) is 6.54 Å². The van der Waals surface area contributed by atoms with Crippen molar-refractivity contribution in [1.29, 1.82) is 0 Å². The SMILES string of the molecule is CCC(N)C(c1ccc(Cl)s1)N(CC(N)=O)C1CCCC1. The van der Waals surface area contributed by atoms with E-state index < -0.39 is 0 Å². The number of hydrogen-bond donors (Lipinski definition) is 2. The number of carbonyl (C=O) groups is 1. The Kier molecular flexibility index (Phi) is 6.05. The van der Waals surface area contributed by atoms with Gasteiger partial charge in [0.25, 0.3) is 0 Å². The molecule has 118 valence electrons. The summed E-state index contributed by atoms with van der Waals surface area (Å²) in [5.41, 5.74) is 11.9. The number of rotatable bonds is 7. The molecule has 2 unspecified atom stereocenters. The number of nitrogens with two attached hydrogens (primary N) is 2. The van der Waals surface area contributed by atoms with Gasteiger partial charge in [0.1, 0.15) is 0 Å². The molecule has 0 bridgehead atoms. The molecule has 1 amide bonds. The topological polar surface area (TPSA) is 72.3 Å². The molecule has 0 radical (unpaired) electrons. The van der Waals surface area contributed by atoms with Crippen molar-refractivity contribution in [3.8, 4) is 0 Å². The van der Waals surface area contributed by atoms with Gasteiger partial charge in [-0.15, -0.1) is 11.3 Å². The molecule has 4 nitrogen and oxygen atoms in total. The minimum absolute atomic E-state index is 0.0168. The second-order valence-electron chi connectivity index (χ2n) is 5.74. The fourth-order valence-electron chi connectivity index (χ4n) is 3.20. The maximum atomic E-state index is 11.5. The van der Waals surface area contributed by atoms with Crippen LogP contribution in [0.3, 0.4) is 0 Å². The monoisotopic (exact) mass is 329 g/mol. The third kappa shape index (κ3) is 4.19. The van der Waals surface area contributed by atoms with Crippen molar-refractivity contribution in [2.24, 2.45) is 11.5 Å². The van der Waals surface area contributed by atoms with Crippen LogP contribution in [0, 0.1) is 0 Å². The zero-order valence-electron chi connectivity index (χ0n) is 12.4. The van der Waals surface area contributed by atoms with E-state index in [2.05, 4.69) is 11.8 Å². The first-order valence-electron chi connectivity index (χ1n) is 7.57. The van der Waals surface area contributed by atoms with Crippen LogP contribution in [0.15, 0.2) is 12.1 Å². The largest absolute Gasteiger partial charge is 0.369 e. The van der Waals surface area contributed by atoms with Gasteiger partial charge in [0.05, 0.1) is 16.9 Å². The summed E-state index contributed by atoms with van der Waals surface area (Å²) in [4.78, 5) is 14.9. The van der Waals surface area contributed by atoms with E-state index in [0.717, 1.165) is 28.5 Å². The van der Waals surface area contributed by atoms with Crippen molar-refractivity contribution in [1.82, 2.24) is 4.90 Å². The molecule has 0 aromatic carbocycles. The standard InChI is InChI=1S/C15H24ClN3OS/c1-2-11(17)15(12-7-8-13(16)21-12)19(9-14(18)20)10-5-3-4-6-10/h7-8,10-11,15H,2-6,9,17H2,1H3,(H2,18,20). The Hall–Kier alpha value is -0.620. The first-order valence-corrected chi connectivity index (χ1v) is 8.77. The van der Waals surface area contributed by atoms with Crippen LogP contribution in [0.4, 0.5) is 0 Å². The summed E-state index contributed by atoms with van der Waals surface area (Å²) in [5.74, 6) is -0.294. The molecule has 6 heteroatoms. The van der Waals surface area contributed by atoms with Gasteiger partial charge in [-0.1, -0.05) is 31.4 Å². The van der Waals surface area contributed by atoms with Gasteiger partial charge in [-0.3, -0.25) is 9.69 Å². The predicted molar refractivity (Wildman–Crippen MR) is 88.5 cm³/mol. The minimum Gasteiger partial charge on any atom is -0.369 e. The van der Waals surface area contributed by atoms with Crippen LogP contribution in [-0.2, 0) is 4.79 Å². The number of halogens is 1. The second-order valence-corrected chi connectivity index (χ2v) is 7.48. The van der Waals surface area contributed by atoms with Crippen molar-refractivity contribution < 1.29 is 4.79 Å². The minimum atomic E-state index is -0.294. The van der Waals surface area contributed by atoms with Gasteiger partial charge in [-0.2, -0.15) is 0 Å². The van der Waals surface area contributed by atoms with E-state index in [1.807, 2.05) is 12.1 Å². The molecule has 2 atom stereocenters. The lowest BCUT2D eigenvalue weighted by Crippen LogP contribution is -2.48. The highest BCUT2D eigenvalue weighted by atomic mass is 35.5. The fourth-order valence-corrected chi connectivity index (χ4v) is 4.46. The molecule has 1 heterocycles. The van der Waals surface area contributed by atoms with Gasteiger partial charge < -0.3 is 11.5 Å². The van der Waals surface area contributed by atoms with E-state index in [4.69, 9.17) is 23.1 Å². The van der Waals surface area contributed by atoms with Gasteiger partial charge in [0.15, 0.2) is 0 Å². The Balaban J connectivity index is 2.31. The van der Waals surface area contributed by atoms with Gasteiger partial charge >= 0.3 is 0 Å². The van der Waals surface area contributed by atoms with Gasteiger partial charge in [-0.05, 0) is 31.4 Å². The first-order chi connectivity index (χ1) is 10.0. The number of primary amides is 1. The zero-order valence-corrected chi connectivity index (χ0v) is 14.0. The number of hydrogen-bond acceptors (Lipinski definition) is 4. The third-order valence-corrected chi connectivity index (χ3v) is 5.55. The average molecular weight is 330 g/mol. The summed E-state index contributed by atoms with van der Waals surface area (Å²) in [7, 11) is 0. The molecule has 1 aromatic heterocycles. The molecule has 0 spiro atoms. The molecular formula is C15H24ClN3OS. The van der Waals surface area contributed by atoms with Crippen molar-refractivity contribution >= 4 is 28.8 Å². The van der Waals surface area contributed by atoms with Gasteiger partial charge in [-0.25, -0.2) is 0 Å². The van der Waals surface area contributed by atoms with E-state index in [9.17, 15) is 4.79 Å². The van der Waals surface area contributed by atoms with E-state index in [0.29, 0.717) is 6.04 Å². The second kappa shape index (κ2) is 7.58. The molecule has 1 aliphatic carbocycles. The molecule has 0 aliphatic heterocycles. The Bertz CT molecular complexity index is 473. The van der Waals surface area contributed by atoms with E-state index in [-0.39, 0.29) is 24.5 Å². The van der Waals surface area contributed by atoms with Crippen LogP contribution in [0.2, 0.25) is 4.34 Å². The Morgan fingerprint density at radius 3 is 2.62 bits per heavy atom. The number of carbonyl (C=O) groups excluding carboxylic acids is 1. The summed E-state index contributed by atoms with van der Waals surface area (Å²) < 4.78 is 0.753. The Morgan fingerprint density at radius 1 is 1.48 bits per heavy atom. The van der Waals surface area contributed by atoms with E-state index in [1.54, 1.807) is 11.3 Å². The lowest BCUT2D eigenvalue weighted by Gasteiger charge is -2.38. The van der Waals surface area contributed by atoms with Gasteiger partial charge in [0.2, 0.25) is 5.91 Å². The zero-order chi connectivity index (χ0) is 15.4. The van der Waals surface area contributed by atoms with Crippen LogP contribution in [-0.4, -0.2) is 29.4 Å². The van der Waals surface area contributed by atoms with E-state index in [1.165, 1.54) is 12.8 Å². The fraction of sp³-hybridized carbons (Fsp3) is 0.667. The first kappa shape index (κ1) is 16.7. The molecular weight excluding hydrogens is 306 g/mol. The molecule has 21 heavy (non-hydrogen) atoms. The number of amides is 1. The summed E-state index contributed by atoms with van der Waals surface area (Å²) >= 11 is 7.64. The van der Waals surface area contributed by atoms with Crippen LogP contribution >= 0.6 is 22.9 Å². The van der Waals surface area contributed by atoms with Crippen molar-refractivity contribution in [2.45, 2.75) is 57.2 Å². The molecule has 1 aliphatic rings. The highest BCUT2D eigenvalue weighted by Gasteiger charge is 2.34.